The number of aryl methyl sites for hydroxylation is 2. The second-order valence-electron chi connectivity index (χ2n) is 7.20. The molecule has 1 fully saturated rings. The van der Waals surface area contributed by atoms with Crippen molar-refractivity contribution in [2.75, 3.05) is 36.4 Å². The average molecular weight is 388 g/mol. The molecule has 0 spiro atoms. The van der Waals surface area contributed by atoms with Crippen LogP contribution in [0.1, 0.15) is 21.6 Å². The van der Waals surface area contributed by atoms with Gasteiger partial charge in [-0.2, -0.15) is 0 Å². The van der Waals surface area contributed by atoms with E-state index in [-0.39, 0.29) is 5.91 Å². The second kappa shape index (κ2) is 8.26. The van der Waals surface area contributed by atoms with E-state index >= 15 is 0 Å². The Bertz CT molecular complexity index is 982. The molecule has 3 heterocycles. The molecule has 0 saturated carbocycles. The number of nitrogens with one attached hydrogen (secondary N) is 1. The molecule has 1 aliphatic rings. The van der Waals surface area contributed by atoms with Gasteiger partial charge in [-0.3, -0.25) is 4.79 Å². The number of anilines is 3. The number of carbonyl (C=O) groups excluding carboxylic acids is 1. The zero-order valence-electron chi connectivity index (χ0n) is 16.7. The number of aromatic nitrogens is 3. The molecule has 1 N–H and O–H groups in total. The molecule has 2 aromatic heterocycles. The molecule has 0 unspecified atom stereocenters. The van der Waals surface area contributed by atoms with Gasteiger partial charge in [0.2, 0.25) is 5.95 Å². The summed E-state index contributed by atoms with van der Waals surface area (Å²) in [4.78, 5) is 29.7. The molecule has 0 aliphatic carbocycles. The molecule has 7 nitrogen and oxygen atoms in total. The first-order valence-corrected chi connectivity index (χ1v) is 9.72. The highest BCUT2D eigenvalue weighted by Crippen LogP contribution is 2.21. The fourth-order valence-electron chi connectivity index (χ4n) is 3.43. The first kappa shape index (κ1) is 18.9. The Balaban J connectivity index is 1.37. The van der Waals surface area contributed by atoms with E-state index < -0.39 is 0 Å². The van der Waals surface area contributed by atoms with Crippen LogP contribution in [-0.2, 0) is 0 Å². The summed E-state index contributed by atoms with van der Waals surface area (Å²) in [6, 6.07) is 11.7. The van der Waals surface area contributed by atoms with Crippen LogP contribution in [-0.4, -0.2) is 51.9 Å². The molecule has 7 heteroatoms. The van der Waals surface area contributed by atoms with E-state index in [1.54, 1.807) is 30.7 Å². The van der Waals surface area contributed by atoms with Crippen LogP contribution in [0.5, 0.6) is 0 Å². The number of hydrogen-bond donors (Lipinski definition) is 1. The van der Waals surface area contributed by atoms with Crippen molar-refractivity contribution in [2.24, 2.45) is 0 Å². The van der Waals surface area contributed by atoms with Crippen LogP contribution in [0.4, 0.5) is 17.3 Å². The van der Waals surface area contributed by atoms with Gasteiger partial charge in [-0.1, -0.05) is 17.7 Å². The summed E-state index contributed by atoms with van der Waals surface area (Å²) in [6.45, 7) is 6.82. The summed E-state index contributed by atoms with van der Waals surface area (Å²) in [5, 5.41) is 3.36. The average Bonchev–Trinajstić information content (AvgIpc) is 2.76. The van der Waals surface area contributed by atoms with E-state index in [0.29, 0.717) is 37.8 Å². The minimum Gasteiger partial charge on any atom is -0.354 e. The van der Waals surface area contributed by atoms with Gasteiger partial charge >= 0.3 is 0 Å². The van der Waals surface area contributed by atoms with Crippen molar-refractivity contribution >= 4 is 23.2 Å². The smallest absolute Gasteiger partial charge is 0.272 e. The van der Waals surface area contributed by atoms with Gasteiger partial charge in [-0.15, -0.1) is 0 Å². The van der Waals surface area contributed by atoms with Crippen LogP contribution in [0.2, 0.25) is 0 Å². The monoisotopic (exact) mass is 388 g/mol. The van der Waals surface area contributed by atoms with Crippen LogP contribution in [0, 0.1) is 13.8 Å². The van der Waals surface area contributed by atoms with Gasteiger partial charge in [-0.05, 0) is 43.7 Å². The lowest BCUT2D eigenvalue weighted by molar-refractivity contribution is 0.0740. The third-order valence-electron chi connectivity index (χ3n) is 5.05. The van der Waals surface area contributed by atoms with Crippen molar-refractivity contribution in [3.63, 3.8) is 0 Å². The van der Waals surface area contributed by atoms with Crippen LogP contribution in [0.15, 0.2) is 55.0 Å². The molecule has 1 aromatic carbocycles. The number of piperazine rings is 1. The molecule has 29 heavy (non-hydrogen) atoms. The summed E-state index contributed by atoms with van der Waals surface area (Å²) < 4.78 is 0. The zero-order chi connectivity index (χ0) is 20.2. The summed E-state index contributed by atoms with van der Waals surface area (Å²) in [6.07, 6.45) is 5.18. The maximum absolute atomic E-state index is 12.8. The largest absolute Gasteiger partial charge is 0.354 e. The van der Waals surface area contributed by atoms with Gasteiger partial charge < -0.3 is 15.1 Å². The Labute approximate surface area is 170 Å². The summed E-state index contributed by atoms with van der Waals surface area (Å²) in [5.74, 6) is 0.663. The molecule has 4 rings (SSSR count). The maximum atomic E-state index is 12.8. The highest BCUT2D eigenvalue weighted by atomic mass is 16.2. The van der Waals surface area contributed by atoms with Crippen molar-refractivity contribution in [1.82, 2.24) is 19.9 Å². The second-order valence-corrected chi connectivity index (χ2v) is 7.20. The maximum Gasteiger partial charge on any atom is 0.272 e. The molecule has 0 atom stereocenters. The van der Waals surface area contributed by atoms with Gasteiger partial charge in [0.05, 0.1) is 11.9 Å². The van der Waals surface area contributed by atoms with Crippen molar-refractivity contribution < 1.29 is 4.79 Å². The summed E-state index contributed by atoms with van der Waals surface area (Å²) in [5.41, 5.74) is 4.76. The number of amides is 1. The van der Waals surface area contributed by atoms with E-state index in [4.69, 9.17) is 0 Å². The molecule has 0 radical (unpaired) electrons. The predicted molar refractivity (Wildman–Crippen MR) is 114 cm³/mol. The van der Waals surface area contributed by atoms with E-state index in [2.05, 4.69) is 57.2 Å². The highest BCUT2D eigenvalue weighted by Gasteiger charge is 2.24. The first-order valence-electron chi connectivity index (χ1n) is 9.72. The molecule has 1 amide bonds. The Morgan fingerprint density at radius 2 is 1.72 bits per heavy atom. The topological polar surface area (TPSA) is 74.2 Å². The zero-order valence-corrected chi connectivity index (χ0v) is 16.7. The lowest BCUT2D eigenvalue weighted by atomic mass is 10.1. The third-order valence-corrected chi connectivity index (χ3v) is 5.05. The highest BCUT2D eigenvalue weighted by molar-refractivity contribution is 5.92. The molecule has 1 saturated heterocycles. The number of carbonyl (C=O) groups is 1. The van der Waals surface area contributed by atoms with Crippen LogP contribution >= 0.6 is 0 Å². The fraction of sp³-hybridized carbons (Fsp3) is 0.273. The number of rotatable bonds is 4. The van der Waals surface area contributed by atoms with Gasteiger partial charge in [0.15, 0.2) is 0 Å². The molecule has 148 valence electrons. The van der Waals surface area contributed by atoms with Gasteiger partial charge in [0.25, 0.3) is 5.91 Å². The lowest BCUT2D eigenvalue weighted by Crippen LogP contribution is -2.49. The van der Waals surface area contributed by atoms with Crippen molar-refractivity contribution in [3.8, 4) is 0 Å². The van der Waals surface area contributed by atoms with Gasteiger partial charge in [0, 0.05) is 44.3 Å². The van der Waals surface area contributed by atoms with E-state index in [1.165, 1.54) is 11.1 Å². The van der Waals surface area contributed by atoms with Crippen molar-refractivity contribution in [3.05, 3.63) is 71.8 Å². The minimum absolute atomic E-state index is 0.0447. The molecular formula is C22H24N6O. The molecule has 3 aromatic rings. The van der Waals surface area contributed by atoms with Crippen molar-refractivity contribution in [2.45, 2.75) is 13.8 Å². The first-order chi connectivity index (χ1) is 14.1. The number of nitrogens with zero attached hydrogens (tertiary/aromatic N) is 5. The Hall–Kier alpha value is -3.48. The Morgan fingerprint density at radius 1 is 0.966 bits per heavy atom. The quantitative estimate of drug-likeness (QED) is 0.740. The Morgan fingerprint density at radius 3 is 2.38 bits per heavy atom. The van der Waals surface area contributed by atoms with E-state index in [1.807, 2.05) is 11.0 Å². The van der Waals surface area contributed by atoms with Crippen LogP contribution in [0.3, 0.4) is 0 Å². The number of benzene rings is 1. The summed E-state index contributed by atoms with van der Waals surface area (Å²) in [7, 11) is 0. The number of hydrogen-bond acceptors (Lipinski definition) is 6. The standard InChI is InChI=1S/C22H24N6O/c1-16-4-6-19(17(2)14-16)26-18-5-7-20(25-15-18)21(29)27-10-12-28(13-11-27)22-23-8-3-9-24-22/h3-9,14-15,26H,10-13H2,1-2H3. The molecular weight excluding hydrogens is 364 g/mol. The van der Waals surface area contributed by atoms with Gasteiger partial charge in [0.1, 0.15) is 5.69 Å². The molecule has 0 bridgehead atoms. The predicted octanol–water partition coefficient (Wildman–Crippen LogP) is 3.19. The fourth-order valence-corrected chi connectivity index (χ4v) is 3.43. The Kier molecular flexibility index (Phi) is 5.37. The van der Waals surface area contributed by atoms with Crippen molar-refractivity contribution in [1.29, 1.82) is 0 Å². The van der Waals surface area contributed by atoms with E-state index in [9.17, 15) is 4.79 Å². The lowest BCUT2D eigenvalue weighted by Gasteiger charge is -2.34. The van der Waals surface area contributed by atoms with E-state index in [0.717, 1.165) is 11.4 Å². The van der Waals surface area contributed by atoms with Crippen LogP contribution in [0.25, 0.3) is 0 Å². The van der Waals surface area contributed by atoms with Gasteiger partial charge in [-0.25, -0.2) is 15.0 Å². The number of pyridine rings is 1. The minimum atomic E-state index is -0.0447. The SMILES string of the molecule is Cc1ccc(Nc2ccc(C(=O)N3CCN(c4ncccn4)CC3)nc2)c(C)c1. The summed E-state index contributed by atoms with van der Waals surface area (Å²) >= 11 is 0. The van der Waals surface area contributed by atoms with Crippen LogP contribution < -0.4 is 10.2 Å². The normalized spacial score (nSPS) is 14.0. The third kappa shape index (κ3) is 4.34. The molecule has 1 aliphatic heterocycles.